The SMILES string of the molecule is CCCNS(=O)(=O)c1csc(C(N)=O)c1. The molecule has 0 fully saturated rings. The first kappa shape index (κ1) is 12.2. The second-order valence-corrected chi connectivity index (χ2v) is 5.59. The Hall–Kier alpha value is -0.920. The molecular formula is C8H12N2O3S2. The molecule has 0 atom stereocenters. The van der Waals surface area contributed by atoms with Gasteiger partial charge in [0.05, 0.1) is 9.77 Å². The Balaban J connectivity index is 2.91. The lowest BCUT2D eigenvalue weighted by atomic mass is 10.5. The molecule has 84 valence electrons. The van der Waals surface area contributed by atoms with Crippen LogP contribution in [0.25, 0.3) is 0 Å². The molecule has 0 saturated carbocycles. The van der Waals surface area contributed by atoms with Gasteiger partial charge >= 0.3 is 0 Å². The number of hydrogen-bond donors (Lipinski definition) is 2. The fourth-order valence-corrected chi connectivity index (χ4v) is 3.17. The van der Waals surface area contributed by atoms with Crippen molar-refractivity contribution in [3.63, 3.8) is 0 Å². The third-order valence-corrected chi connectivity index (χ3v) is 4.21. The zero-order valence-corrected chi connectivity index (χ0v) is 9.82. The highest BCUT2D eigenvalue weighted by Crippen LogP contribution is 2.18. The largest absolute Gasteiger partial charge is 0.365 e. The summed E-state index contributed by atoms with van der Waals surface area (Å²) in [6.45, 7) is 2.25. The van der Waals surface area contributed by atoms with Gasteiger partial charge in [0.1, 0.15) is 0 Å². The van der Waals surface area contributed by atoms with Gasteiger partial charge in [0.2, 0.25) is 10.0 Å². The number of carbonyl (C=O) groups is 1. The van der Waals surface area contributed by atoms with E-state index in [2.05, 4.69) is 4.72 Å². The Kier molecular flexibility index (Phi) is 3.83. The molecule has 0 spiro atoms. The number of amides is 1. The molecule has 3 N–H and O–H groups in total. The fraction of sp³-hybridized carbons (Fsp3) is 0.375. The van der Waals surface area contributed by atoms with Gasteiger partial charge in [-0.1, -0.05) is 6.92 Å². The van der Waals surface area contributed by atoms with Crippen molar-refractivity contribution in [1.82, 2.24) is 4.72 Å². The molecule has 0 radical (unpaired) electrons. The molecular weight excluding hydrogens is 236 g/mol. The van der Waals surface area contributed by atoms with Gasteiger partial charge in [-0.15, -0.1) is 11.3 Å². The highest BCUT2D eigenvalue weighted by molar-refractivity contribution is 7.89. The van der Waals surface area contributed by atoms with Crippen LogP contribution in [0.1, 0.15) is 23.0 Å². The summed E-state index contributed by atoms with van der Waals surface area (Å²) in [4.78, 5) is 11.1. The van der Waals surface area contributed by atoms with Crippen LogP contribution in [0.4, 0.5) is 0 Å². The average molecular weight is 248 g/mol. The third kappa shape index (κ3) is 3.01. The van der Waals surface area contributed by atoms with E-state index < -0.39 is 15.9 Å². The van der Waals surface area contributed by atoms with Gasteiger partial charge < -0.3 is 5.73 Å². The van der Waals surface area contributed by atoms with Crippen molar-refractivity contribution < 1.29 is 13.2 Å². The van der Waals surface area contributed by atoms with Gasteiger partial charge in [0, 0.05) is 11.9 Å². The molecule has 0 aliphatic rings. The fourth-order valence-electron chi connectivity index (χ4n) is 0.909. The topological polar surface area (TPSA) is 89.3 Å². The molecule has 15 heavy (non-hydrogen) atoms. The standard InChI is InChI=1S/C8H12N2O3S2/c1-2-3-10-15(12,13)6-4-7(8(9)11)14-5-6/h4-5,10H,2-3H2,1H3,(H2,9,11). The molecule has 1 amide bonds. The summed E-state index contributed by atoms with van der Waals surface area (Å²) in [7, 11) is -3.48. The first-order valence-corrected chi connectivity index (χ1v) is 6.71. The van der Waals surface area contributed by atoms with Crippen molar-refractivity contribution in [2.75, 3.05) is 6.54 Å². The summed E-state index contributed by atoms with van der Waals surface area (Å²) in [5, 5.41) is 1.40. The minimum Gasteiger partial charge on any atom is -0.365 e. The van der Waals surface area contributed by atoms with Crippen LogP contribution in [0.3, 0.4) is 0 Å². The van der Waals surface area contributed by atoms with Crippen LogP contribution in [0.15, 0.2) is 16.3 Å². The molecule has 1 heterocycles. The highest BCUT2D eigenvalue weighted by atomic mass is 32.2. The van der Waals surface area contributed by atoms with Crippen molar-refractivity contribution in [1.29, 1.82) is 0 Å². The molecule has 1 aromatic heterocycles. The van der Waals surface area contributed by atoms with Crippen LogP contribution in [0.5, 0.6) is 0 Å². The van der Waals surface area contributed by atoms with E-state index >= 15 is 0 Å². The van der Waals surface area contributed by atoms with Crippen molar-refractivity contribution in [2.24, 2.45) is 5.73 Å². The number of primary amides is 1. The van der Waals surface area contributed by atoms with Crippen LogP contribution >= 0.6 is 11.3 Å². The number of thiophene rings is 1. The second kappa shape index (κ2) is 4.73. The lowest BCUT2D eigenvalue weighted by Gasteiger charge is -2.01. The van der Waals surface area contributed by atoms with E-state index in [4.69, 9.17) is 5.73 Å². The number of rotatable bonds is 5. The van der Waals surface area contributed by atoms with Gasteiger partial charge in [-0.25, -0.2) is 13.1 Å². The normalized spacial score (nSPS) is 11.5. The van der Waals surface area contributed by atoms with E-state index in [1.165, 1.54) is 11.4 Å². The maximum absolute atomic E-state index is 11.6. The monoisotopic (exact) mass is 248 g/mol. The first-order chi connectivity index (χ1) is 6.97. The van der Waals surface area contributed by atoms with Crippen molar-refractivity contribution in [3.05, 3.63) is 16.3 Å². The summed E-state index contributed by atoms with van der Waals surface area (Å²) < 4.78 is 25.5. The van der Waals surface area contributed by atoms with Crippen LogP contribution in [-0.2, 0) is 10.0 Å². The zero-order chi connectivity index (χ0) is 11.5. The molecule has 1 aromatic rings. The van der Waals surface area contributed by atoms with E-state index in [1.54, 1.807) is 0 Å². The van der Waals surface area contributed by atoms with Crippen molar-refractivity contribution in [2.45, 2.75) is 18.2 Å². The highest BCUT2D eigenvalue weighted by Gasteiger charge is 2.16. The Morgan fingerprint density at radius 1 is 1.60 bits per heavy atom. The maximum atomic E-state index is 11.6. The molecule has 0 bridgehead atoms. The number of sulfonamides is 1. The predicted molar refractivity (Wildman–Crippen MR) is 58.3 cm³/mol. The van der Waals surface area contributed by atoms with Gasteiger partial charge in [-0.3, -0.25) is 4.79 Å². The lowest BCUT2D eigenvalue weighted by molar-refractivity contribution is 0.100. The van der Waals surface area contributed by atoms with Gasteiger partial charge in [0.25, 0.3) is 5.91 Å². The number of carbonyl (C=O) groups excluding carboxylic acids is 1. The Bertz CT molecular complexity index is 450. The number of hydrogen-bond acceptors (Lipinski definition) is 4. The van der Waals surface area contributed by atoms with Crippen LogP contribution < -0.4 is 10.5 Å². The molecule has 5 nitrogen and oxygen atoms in total. The van der Waals surface area contributed by atoms with Crippen LogP contribution in [0, 0.1) is 0 Å². The molecule has 0 unspecified atom stereocenters. The molecule has 0 saturated heterocycles. The van der Waals surface area contributed by atoms with Crippen molar-refractivity contribution in [3.8, 4) is 0 Å². The summed E-state index contributed by atoms with van der Waals surface area (Å²) in [6.07, 6.45) is 0.714. The van der Waals surface area contributed by atoms with E-state index in [9.17, 15) is 13.2 Å². The molecule has 1 rings (SSSR count). The molecule has 0 aliphatic carbocycles. The third-order valence-electron chi connectivity index (χ3n) is 1.67. The second-order valence-electron chi connectivity index (χ2n) is 2.91. The van der Waals surface area contributed by atoms with Crippen LogP contribution in [0.2, 0.25) is 0 Å². The summed E-state index contributed by atoms with van der Waals surface area (Å²) in [5.41, 5.74) is 5.03. The Morgan fingerprint density at radius 2 is 2.27 bits per heavy atom. The predicted octanol–water partition coefficient (Wildman–Crippen LogP) is 0.535. The molecule has 0 aromatic carbocycles. The van der Waals surface area contributed by atoms with E-state index in [0.717, 1.165) is 11.3 Å². The van der Waals surface area contributed by atoms with E-state index in [-0.39, 0.29) is 9.77 Å². The molecule has 0 aliphatic heterocycles. The first-order valence-electron chi connectivity index (χ1n) is 4.35. The Morgan fingerprint density at radius 3 is 2.73 bits per heavy atom. The molecule has 7 heteroatoms. The lowest BCUT2D eigenvalue weighted by Crippen LogP contribution is -2.24. The summed E-state index contributed by atoms with van der Waals surface area (Å²) >= 11 is 1.02. The minimum absolute atomic E-state index is 0.0924. The zero-order valence-electron chi connectivity index (χ0n) is 8.19. The van der Waals surface area contributed by atoms with E-state index in [0.29, 0.717) is 13.0 Å². The number of nitrogens with two attached hydrogens (primary N) is 1. The summed E-state index contributed by atoms with van der Waals surface area (Å²) in [5.74, 6) is -0.614. The van der Waals surface area contributed by atoms with Gasteiger partial charge in [-0.05, 0) is 12.5 Å². The quantitative estimate of drug-likeness (QED) is 0.796. The van der Waals surface area contributed by atoms with Gasteiger partial charge in [-0.2, -0.15) is 0 Å². The van der Waals surface area contributed by atoms with Crippen molar-refractivity contribution >= 4 is 27.3 Å². The van der Waals surface area contributed by atoms with E-state index in [1.807, 2.05) is 6.92 Å². The maximum Gasteiger partial charge on any atom is 0.258 e. The summed E-state index contributed by atoms with van der Waals surface area (Å²) in [6, 6.07) is 1.28. The van der Waals surface area contributed by atoms with Gasteiger partial charge in [0.15, 0.2) is 0 Å². The minimum atomic E-state index is -3.48. The smallest absolute Gasteiger partial charge is 0.258 e. The number of nitrogens with one attached hydrogen (secondary N) is 1. The average Bonchev–Trinajstić information content (AvgIpc) is 2.64. The van der Waals surface area contributed by atoms with Crippen LogP contribution in [-0.4, -0.2) is 20.9 Å². The Labute approximate surface area is 92.3 Å².